The standard InChI is InChI=1S/C24H27FN4O4S/c1-13-11-14(2)20(15(3)12-13)33-23-16(7-9-18(27-23)24(4,5)6)22(30)29-34(31,32)19-10-8-17(25)21(26)28-19/h7-12H,1-6H3,(H2,26,28)(H,29,30). The molecule has 0 aliphatic heterocycles. The van der Waals surface area contributed by atoms with E-state index in [-0.39, 0.29) is 16.9 Å². The summed E-state index contributed by atoms with van der Waals surface area (Å²) in [5.41, 5.74) is 8.30. The fourth-order valence-electron chi connectivity index (χ4n) is 3.35. The first-order valence-electron chi connectivity index (χ1n) is 10.5. The minimum Gasteiger partial charge on any atom is -0.438 e. The zero-order valence-electron chi connectivity index (χ0n) is 19.9. The lowest BCUT2D eigenvalue weighted by Gasteiger charge is -2.21. The Morgan fingerprint density at radius 1 is 1.03 bits per heavy atom. The third-order valence-corrected chi connectivity index (χ3v) is 6.26. The maximum Gasteiger partial charge on any atom is 0.281 e. The number of sulfonamides is 1. The highest BCUT2D eigenvalue weighted by Gasteiger charge is 2.26. The molecular weight excluding hydrogens is 459 g/mol. The molecule has 34 heavy (non-hydrogen) atoms. The van der Waals surface area contributed by atoms with Gasteiger partial charge < -0.3 is 10.5 Å². The van der Waals surface area contributed by atoms with Crippen LogP contribution in [0.1, 0.15) is 53.5 Å². The number of halogens is 1. The Balaban J connectivity index is 2.05. The number of carbonyl (C=O) groups is 1. The van der Waals surface area contributed by atoms with E-state index in [9.17, 15) is 17.6 Å². The maximum absolute atomic E-state index is 13.4. The summed E-state index contributed by atoms with van der Waals surface area (Å²) in [7, 11) is -4.44. The highest BCUT2D eigenvalue weighted by Crippen LogP contribution is 2.33. The number of anilines is 1. The zero-order chi connectivity index (χ0) is 25.4. The van der Waals surface area contributed by atoms with Gasteiger partial charge in [0.15, 0.2) is 16.7 Å². The van der Waals surface area contributed by atoms with Gasteiger partial charge in [-0.05, 0) is 56.2 Å². The van der Waals surface area contributed by atoms with Crippen LogP contribution in [0.5, 0.6) is 11.6 Å². The van der Waals surface area contributed by atoms with Crippen LogP contribution in [-0.2, 0) is 15.4 Å². The highest BCUT2D eigenvalue weighted by atomic mass is 32.2. The van der Waals surface area contributed by atoms with Crippen molar-refractivity contribution in [1.29, 1.82) is 0 Å². The second kappa shape index (κ2) is 9.02. The van der Waals surface area contributed by atoms with E-state index >= 15 is 0 Å². The topological polar surface area (TPSA) is 124 Å². The Morgan fingerprint density at radius 2 is 1.65 bits per heavy atom. The number of nitrogens with one attached hydrogen (secondary N) is 1. The molecule has 1 aromatic carbocycles. The number of nitrogens with zero attached hydrogens (tertiary/aromatic N) is 2. The van der Waals surface area contributed by atoms with Gasteiger partial charge >= 0.3 is 0 Å². The van der Waals surface area contributed by atoms with E-state index in [0.29, 0.717) is 11.4 Å². The number of benzene rings is 1. The molecule has 0 saturated carbocycles. The van der Waals surface area contributed by atoms with Crippen molar-refractivity contribution < 1.29 is 22.3 Å². The minimum absolute atomic E-state index is 0.0400. The molecule has 3 N–H and O–H groups in total. The molecule has 0 bridgehead atoms. The van der Waals surface area contributed by atoms with Crippen molar-refractivity contribution in [2.45, 2.75) is 52.0 Å². The van der Waals surface area contributed by atoms with Crippen molar-refractivity contribution in [3.8, 4) is 11.6 Å². The largest absolute Gasteiger partial charge is 0.438 e. The Morgan fingerprint density at radius 3 is 2.21 bits per heavy atom. The van der Waals surface area contributed by atoms with Gasteiger partial charge in [-0.15, -0.1) is 0 Å². The normalized spacial score (nSPS) is 11.9. The average Bonchev–Trinajstić information content (AvgIpc) is 2.71. The molecule has 3 aromatic rings. The summed E-state index contributed by atoms with van der Waals surface area (Å²) in [5.74, 6) is -1.96. The molecule has 2 aromatic heterocycles. The van der Waals surface area contributed by atoms with Crippen LogP contribution in [0.4, 0.5) is 10.2 Å². The molecule has 10 heteroatoms. The van der Waals surface area contributed by atoms with Crippen LogP contribution < -0.4 is 15.2 Å². The predicted molar refractivity (Wildman–Crippen MR) is 127 cm³/mol. The smallest absolute Gasteiger partial charge is 0.281 e. The first-order valence-corrected chi connectivity index (χ1v) is 11.9. The molecule has 2 heterocycles. The summed E-state index contributed by atoms with van der Waals surface area (Å²) in [5, 5.41) is -0.591. The summed E-state index contributed by atoms with van der Waals surface area (Å²) in [6.07, 6.45) is 0. The molecule has 0 aliphatic carbocycles. The van der Waals surface area contributed by atoms with Crippen LogP contribution in [0.25, 0.3) is 0 Å². The van der Waals surface area contributed by atoms with Gasteiger partial charge in [0.1, 0.15) is 11.3 Å². The lowest BCUT2D eigenvalue weighted by Crippen LogP contribution is -2.32. The van der Waals surface area contributed by atoms with Gasteiger partial charge in [-0.3, -0.25) is 4.79 Å². The fraction of sp³-hybridized carbons (Fsp3) is 0.292. The number of nitrogens with two attached hydrogens (primary N) is 1. The molecule has 1 amide bonds. The van der Waals surface area contributed by atoms with Crippen molar-refractivity contribution in [2.75, 3.05) is 5.73 Å². The number of hydrogen-bond acceptors (Lipinski definition) is 7. The highest BCUT2D eigenvalue weighted by molar-refractivity contribution is 7.90. The molecule has 3 rings (SSSR count). The maximum atomic E-state index is 13.4. The molecular formula is C24H27FN4O4S. The Kier molecular flexibility index (Phi) is 6.66. The zero-order valence-corrected chi connectivity index (χ0v) is 20.7. The van der Waals surface area contributed by atoms with Crippen LogP contribution in [-0.4, -0.2) is 24.3 Å². The Labute approximate surface area is 198 Å². The summed E-state index contributed by atoms with van der Waals surface area (Å²) in [6.45, 7) is 11.6. The molecule has 0 spiro atoms. The van der Waals surface area contributed by atoms with Gasteiger partial charge in [-0.2, -0.15) is 8.42 Å². The van der Waals surface area contributed by atoms with Crippen LogP contribution >= 0.6 is 0 Å². The fourth-order valence-corrected chi connectivity index (χ4v) is 4.28. The van der Waals surface area contributed by atoms with E-state index in [1.165, 1.54) is 6.07 Å². The first kappa shape index (κ1) is 25.1. The van der Waals surface area contributed by atoms with Crippen molar-refractivity contribution in [2.24, 2.45) is 0 Å². The van der Waals surface area contributed by atoms with Gasteiger partial charge in [-0.1, -0.05) is 38.5 Å². The van der Waals surface area contributed by atoms with Crippen LogP contribution in [0.3, 0.4) is 0 Å². The Bertz CT molecular complexity index is 1360. The summed E-state index contributed by atoms with van der Waals surface area (Å²) >= 11 is 0. The molecule has 0 unspecified atom stereocenters. The van der Waals surface area contributed by atoms with Crippen molar-refractivity contribution >= 4 is 21.7 Å². The SMILES string of the molecule is Cc1cc(C)c(Oc2nc(C(C)(C)C)ccc2C(=O)NS(=O)(=O)c2ccc(F)c(N)n2)c(C)c1. The third-order valence-electron chi connectivity index (χ3n) is 5.03. The average molecular weight is 487 g/mol. The van der Waals surface area contributed by atoms with Gasteiger partial charge in [0.05, 0.1) is 0 Å². The van der Waals surface area contributed by atoms with E-state index in [4.69, 9.17) is 10.5 Å². The van der Waals surface area contributed by atoms with Gasteiger partial charge in [0.2, 0.25) is 5.88 Å². The monoisotopic (exact) mass is 486 g/mol. The number of carbonyl (C=O) groups excluding carboxylic acids is 1. The number of hydrogen-bond donors (Lipinski definition) is 2. The molecule has 180 valence electrons. The number of amides is 1. The second-order valence-electron chi connectivity index (χ2n) is 9.08. The Hall–Kier alpha value is -3.53. The van der Waals surface area contributed by atoms with Crippen molar-refractivity contribution in [1.82, 2.24) is 14.7 Å². The number of pyridine rings is 2. The van der Waals surface area contributed by atoms with E-state index in [1.807, 2.05) is 58.4 Å². The lowest BCUT2D eigenvalue weighted by molar-refractivity contribution is 0.0978. The molecule has 0 radical (unpaired) electrons. The van der Waals surface area contributed by atoms with Crippen LogP contribution in [0.2, 0.25) is 0 Å². The summed E-state index contributed by atoms with van der Waals surface area (Å²) in [4.78, 5) is 21.1. The number of aryl methyl sites for hydroxylation is 3. The molecule has 0 fully saturated rings. The summed E-state index contributed by atoms with van der Waals surface area (Å²) in [6, 6.07) is 8.74. The summed E-state index contributed by atoms with van der Waals surface area (Å²) < 4.78 is 46.8. The van der Waals surface area contributed by atoms with Crippen LogP contribution in [0, 0.1) is 26.6 Å². The van der Waals surface area contributed by atoms with Gasteiger partial charge in [0.25, 0.3) is 15.9 Å². The first-order chi connectivity index (χ1) is 15.7. The number of ether oxygens (including phenoxy) is 1. The lowest BCUT2D eigenvalue weighted by atomic mass is 9.91. The van der Waals surface area contributed by atoms with Gasteiger partial charge in [0, 0.05) is 11.1 Å². The predicted octanol–water partition coefficient (Wildman–Crippen LogP) is 4.33. The molecule has 0 aliphatic rings. The quantitative estimate of drug-likeness (QED) is 0.550. The third kappa shape index (κ3) is 5.33. The second-order valence-corrected chi connectivity index (χ2v) is 10.7. The van der Waals surface area contributed by atoms with E-state index in [0.717, 1.165) is 28.8 Å². The van der Waals surface area contributed by atoms with E-state index in [2.05, 4.69) is 9.97 Å². The minimum atomic E-state index is -4.44. The van der Waals surface area contributed by atoms with Crippen molar-refractivity contribution in [3.63, 3.8) is 0 Å². The molecule has 0 atom stereocenters. The number of rotatable bonds is 5. The van der Waals surface area contributed by atoms with Crippen molar-refractivity contribution in [3.05, 3.63) is 70.2 Å². The number of nitrogen functional groups attached to an aromatic ring is 1. The van der Waals surface area contributed by atoms with Crippen LogP contribution in [0.15, 0.2) is 41.4 Å². The number of aromatic nitrogens is 2. The molecule has 8 nitrogen and oxygen atoms in total. The van der Waals surface area contributed by atoms with Gasteiger partial charge in [-0.25, -0.2) is 19.1 Å². The molecule has 0 saturated heterocycles. The van der Waals surface area contributed by atoms with E-state index in [1.54, 1.807) is 6.07 Å². The van der Waals surface area contributed by atoms with E-state index < -0.39 is 32.6 Å².